The number of carbonyl (C=O) groups is 2. The van der Waals surface area contributed by atoms with Crippen LogP contribution in [0.25, 0.3) is 0 Å². The molecule has 2 aliphatic carbocycles. The monoisotopic (exact) mass is 665 g/mol. The molecule has 38 heavy (non-hydrogen) atoms. The summed E-state index contributed by atoms with van der Waals surface area (Å²) in [6.45, 7) is 3.26. The van der Waals surface area contributed by atoms with Gasteiger partial charge in [0.15, 0.2) is 23.1 Å². The van der Waals surface area contributed by atoms with Crippen molar-refractivity contribution in [1.29, 1.82) is 0 Å². The van der Waals surface area contributed by atoms with Gasteiger partial charge >= 0.3 is 0 Å². The zero-order chi connectivity index (χ0) is 27.0. The molecule has 0 N–H and O–H groups in total. The van der Waals surface area contributed by atoms with Crippen LogP contribution in [0.4, 0.5) is 0 Å². The van der Waals surface area contributed by atoms with Crippen molar-refractivity contribution in [3.8, 4) is 11.5 Å². The zero-order valence-corrected chi connectivity index (χ0v) is 25.2. The van der Waals surface area contributed by atoms with Crippen molar-refractivity contribution in [1.82, 2.24) is 4.90 Å². The van der Waals surface area contributed by atoms with E-state index in [1.807, 2.05) is 18.2 Å². The van der Waals surface area contributed by atoms with Crippen LogP contribution < -0.4 is 9.47 Å². The standard InChI is InChI=1S/C30H30Cl2INO4/c1-3-12-34-22-6-4-8-24(35)28(22)27(29-23(34)7-5-9-25(29)36)18-14-21(33)30(26(15-18)37-2)38-16-17-10-11-19(31)20(32)13-17/h10-11,13-15,27H,3-9,12,16H2,1-2H3. The van der Waals surface area contributed by atoms with Crippen molar-refractivity contribution in [2.24, 2.45) is 0 Å². The predicted molar refractivity (Wildman–Crippen MR) is 158 cm³/mol. The summed E-state index contributed by atoms with van der Waals surface area (Å²) in [4.78, 5) is 29.2. The summed E-state index contributed by atoms with van der Waals surface area (Å²) in [6, 6.07) is 9.38. The van der Waals surface area contributed by atoms with Gasteiger partial charge < -0.3 is 14.4 Å². The summed E-state index contributed by atoms with van der Waals surface area (Å²) < 4.78 is 12.8. The number of hydrogen-bond acceptors (Lipinski definition) is 5. The summed E-state index contributed by atoms with van der Waals surface area (Å²) in [6.07, 6.45) is 5.42. The first-order chi connectivity index (χ1) is 18.3. The van der Waals surface area contributed by atoms with Gasteiger partial charge in [-0.1, -0.05) is 36.2 Å². The first-order valence-electron chi connectivity index (χ1n) is 13.1. The molecule has 5 nitrogen and oxygen atoms in total. The molecular weight excluding hydrogens is 636 g/mol. The molecule has 0 aromatic heterocycles. The SMILES string of the molecule is CCCN1C2=C(C(=O)CCC2)C(c2cc(I)c(OCc3ccc(Cl)c(Cl)c3)c(OC)c2)C2=C1CCCC2=O. The van der Waals surface area contributed by atoms with Gasteiger partial charge in [-0.05, 0) is 90.1 Å². The minimum absolute atomic E-state index is 0.149. The van der Waals surface area contributed by atoms with Gasteiger partial charge in [-0.3, -0.25) is 9.59 Å². The van der Waals surface area contributed by atoms with Crippen LogP contribution in [0.5, 0.6) is 11.5 Å². The van der Waals surface area contributed by atoms with Crippen LogP contribution >= 0.6 is 45.8 Å². The summed E-state index contributed by atoms with van der Waals surface area (Å²) >= 11 is 14.5. The van der Waals surface area contributed by atoms with E-state index < -0.39 is 0 Å². The Morgan fingerprint density at radius 2 is 1.61 bits per heavy atom. The Hall–Kier alpha value is -2.03. The molecule has 5 rings (SSSR count). The van der Waals surface area contributed by atoms with Gasteiger partial charge in [-0.15, -0.1) is 0 Å². The summed E-state index contributed by atoms with van der Waals surface area (Å²) in [5.41, 5.74) is 5.58. The van der Waals surface area contributed by atoms with Crippen molar-refractivity contribution >= 4 is 57.4 Å². The Kier molecular flexibility index (Phi) is 8.41. The summed E-state index contributed by atoms with van der Waals surface area (Å²) in [5.74, 6) is 1.10. The zero-order valence-electron chi connectivity index (χ0n) is 21.5. The number of carbonyl (C=O) groups excluding carboxylic acids is 2. The molecule has 1 heterocycles. The maximum Gasteiger partial charge on any atom is 0.174 e. The van der Waals surface area contributed by atoms with Gasteiger partial charge in [0.05, 0.1) is 20.7 Å². The molecule has 0 amide bonds. The molecule has 0 saturated heterocycles. The highest BCUT2D eigenvalue weighted by atomic mass is 127. The van der Waals surface area contributed by atoms with Gasteiger partial charge in [-0.25, -0.2) is 0 Å². The third-order valence-electron chi connectivity index (χ3n) is 7.49. The van der Waals surface area contributed by atoms with E-state index >= 15 is 0 Å². The van der Waals surface area contributed by atoms with Crippen molar-refractivity contribution in [2.45, 2.75) is 64.4 Å². The van der Waals surface area contributed by atoms with Crippen LogP contribution in [0.2, 0.25) is 10.0 Å². The van der Waals surface area contributed by atoms with Crippen LogP contribution in [-0.4, -0.2) is 30.1 Å². The molecular formula is C30H30Cl2INO4. The lowest BCUT2D eigenvalue weighted by molar-refractivity contribution is -0.117. The molecule has 8 heteroatoms. The molecule has 0 saturated carbocycles. The van der Waals surface area contributed by atoms with E-state index in [1.165, 1.54) is 0 Å². The van der Waals surface area contributed by atoms with Crippen molar-refractivity contribution in [2.75, 3.05) is 13.7 Å². The minimum Gasteiger partial charge on any atom is -0.493 e. The minimum atomic E-state index is -0.375. The third-order valence-corrected chi connectivity index (χ3v) is 9.03. The Bertz CT molecular complexity index is 1320. The second-order valence-corrected chi connectivity index (χ2v) is 11.9. The predicted octanol–water partition coefficient (Wildman–Crippen LogP) is 8.01. The number of allylic oxidation sites excluding steroid dienone is 4. The maximum absolute atomic E-state index is 13.5. The maximum atomic E-state index is 13.5. The van der Waals surface area contributed by atoms with Crippen LogP contribution in [0.1, 0.15) is 68.9 Å². The molecule has 2 aromatic carbocycles. The number of rotatable bonds is 7. The van der Waals surface area contributed by atoms with Crippen LogP contribution in [0.15, 0.2) is 52.9 Å². The molecule has 200 valence electrons. The number of methoxy groups -OCH3 is 1. The highest BCUT2D eigenvalue weighted by Crippen LogP contribution is 2.50. The largest absolute Gasteiger partial charge is 0.493 e. The third kappa shape index (κ3) is 5.11. The van der Waals surface area contributed by atoms with E-state index in [2.05, 4.69) is 34.4 Å². The highest BCUT2D eigenvalue weighted by Gasteiger charge is 2.43. The molecule has 0 spiro atoms. The quantitative estimate of drug-likeness (QED) is 0.281. The lowest BCUT2D eigenvalue weighted by atomic mass is 9.71. The van der Waals surface area contributed by atoms with Crippen molar-refractivity contribution in [3.05, 3.63) is 77.6 Å². The van der Waals surface area contributed by atoms with Crippen LogP contribution in [-0.2, 0) is 16.2 Å². The Morgan fingerprint density at radius 3 is 2.18 bits per heavy atom. The number of ketones is 2. The van der Waals surface area contributed by atoms with E-state index in [9.17, 15) is 9.59 Å². The summed E-state index contributed by atoms with van der Waals surface area (Å²) in [5, 5.41) is 0.968. The molecule has 0 radical (unpaired) electrons. The van der Waals surface area contributed by atoms with Gasteiger partial charge in [0.25, 0.3) is 0 Å². The van der Waals surface area contributed by atoms with E-state index in [-0.39, 0.29) is 17.5 Å². The number of nitrogens with zero attached hydrogens (tertiary/aromatic N) is 1. The van der Waals surface area contributed by atoms with Gasteiger partial charge in [0.1, 0.15) is 6.61 Å². The molecule has 0 bridgehead atoms. The molecule has 1 aliphatic heterocycles. The van der Waals surface area contributed by atoms with Gasteiger partial charge in [-0.2, -0.15) is 0 Å². The smallest absolute Gasteiger partial charge is 0.174 e. The highest BCUT2D eigenvalue weighted by molar-refractivity contribution is 14.1. The van der Waals surface area contributed by atoms with Crippen LogP contribution in [0, 0.1) is 3.57 Å². The summed E-state index contributed by atoms with van der Waals surface area (Å²) in [7, 11) is 1.61. The average molecular weight is 666 g/mol. The van der Waals surface area contributed by atoms with Gasteiger partial charge in [0, 0.05) is 47.8 Å². The topological polar surface area (TPSA) is 55.8 Å². The average Bonchev–Trinajstić information content (AvgIpc) is 2.90. The van der Waals surface area contributed by atoms with E-state index in [4.69, 9.17) is 32.7 Å². The number of hydrogen-bond donors (Lipinski definition) is 0. The second-order valence-electron chi connectivity index (χ2n) is 9.93. The lowest BCUT2D eigenvalue weighted by Gasteiger charge is -2.44. The van der Waals surface area contributed by atoms with Gasteiger partial charge in [0.2, 0.25) is 0 Å². The molecule has 0 unspecified atom stereocenters. The molecule has 2 aromatic rings. The van der Waals surface area contributed by atoms with Crippen molar-refractivity contribution in [3.63, 3.8) is 0 Å². The molecule has 3 aliphatic rings. The number of halogens is 3. The van der Waals surface area contributed by atoms with Crippen LogP contribution in [0.3, 0.4) is 0 Å². The molecule has 0 atom stereocenters. The first kappa shape index (κ1) is 27.5. The second kappa shape index (κ2) is 11.6. The lowest BCUT2D eigenvalue weighted by Crippen LogP contribution is -2.39. The first-order valence-corrected chi connectivity index (χ1v) is 14.9. The molecule has 0 fully saturated rings. The Labute approximate surface area is 247 Å². The fraction of sp³-hybridized carbons (Fsp3) is 0.400. The van der Waals surface area contributed by atoms with E-state index in [0.29, 0.717) is 41.0 Å². The normalized spacial score (nSPS) is 18.1. The Morgan fingerprint density at radius 1 is 0.947 bits per heavy atom. The van der Waals surface area contributed by atoms with E-state index in [0.717, 1.165) is 75.9 Å². The fourth-order valence-corrected chi connectivity index (χ4v) is 6.98. The van der Waals surface area contributed by atoms with E-state index in [1.54, 1.807) is 19.2 Å². The Balaban J connectivity index is 1.58. The number of Topliss-reactive ketones (excluding diaryl/α,β-unsaturated/α-hetero) is 2. The van der Waals surface area contributed by atoms with Crippen molar-refractivity contribution < 1.29 is 19.1 Å². The number of ether oxygens (including phenoxy) is 2. The fourth-order valence-electron chi connectivity index (χ4n) is 5.87. The number of benzene rings is 2.